The Bertz CT molecular complexity index is 703. The van der Waals surface area contributed by atoms with Gasteiger partial charge in [-0.15, -0.1) is 0 Å². The molecule has 7 heteroatoms. The average molecular weight is 363 g/mol. The van der Waals surface area contributed by atoms with Gasteiger partial charge >= 0.3 is 5.97 Å². The zero-order valence-electron chi connectivity index (χ0n) is 13.7. The van der Waals surface area contributed by atoms with Gasteiger partial charge in [-0.2, -0.15) is 0 Å². The van der Waals surface area contributed by atoms with E-state index in [1.165, 1.54) is 17.7 Å². The van der Waals surface area contributed by atoms with Gasteiger partial charge in [0.05, 0.1) is 6.54 Å². The summed E-state index contributed by atoms with van der Waals surface area (Å²) in [6.45, 7) is 1.32. The van der Waals surface area contributed by atoms with E-state index in [-0.39, 0.29) is 6.54 Å². The molecule has 3 N–H and O–H groups in total. The molecule has 2 rings (SSSR count). The van der Waals surface area contributed by atoms with Gasteiger partial charge in [0.2, 0.25) is 5.91 Å². The van der Waals surface area contributed by atoms with Crippen molar-refractivity contribution in [3.05, 3.63) is 70.7 Å². The Labute approximate surface area is 150 Å². The molecule has 6 nitrogen and oxygen atoms in total. The minimum atomic E-state index is -1.15. The molecular formula is C18H19ClN2O4. The van der Waals surface area contributed by atoms with Crippen molar-refractivity contribution < 1.29 is 19.5 Å². The molecule has 0 aliphatic heterocycles. The molecule has 0 spiro atoms. The highest BCUT2D eigenvalue weighted by Crippen LogP contribution is 2.09. The fourth-order valence-electron chi connectivity index (χ4n) is 1.63. The van der Waals surface area contributed by atoms with Crippen molar-refractivity contribution in [2.45, 2.75) is 6.92 Å². The molecule has 2 aromatic rings. The molecule has 0 unspecified atom stereocenters. The van der Waals surface area contributed by atoms with E-state index in [9.17, 15) is 14.4 Å². The molecule has 0 saturated heterocycles. The van der Waals surface area contributed by atoms with E-state index in [1.807, 2.05) is 18.2 Å². The molecule has 0 saturated carbocycles. The van der Waals surface area contributed by atoms with Crippen molar-refractivity contribution in [3.63, 3.8) is 0 Å². The Hall–Kier alpha value is -2.86. The van der Waals surface area contributed by atoms with Crippen LogP contribution in [-0.2, 0) is 9.59 Å². The second-order valence-electron chi connectivity index (χ2n) is 5.01. The smallest absolute Gasteiger partial charge is 0.322 e. The summed E-state index contributed by atoms with van der Waals surface area (Å²) in [6.07, 6.45) is 0. The molecule has 0 aromatic heterocycles. The molecule has 0 aliphatic rings. The molecule has 25 heavy (non-hydrogen) atoms. The lowest BCUT2D eigenvalue weighted by Crippen LogP contribution is -2.38. The van der Waals surface area contributed by atoms with Gasteiger partial charge < -0.3 is 15.7 Å². The van der Waals surface area contributed by atoms with Crippen LogP contribution in [0, 0.1) is 6.92 Å². The van der Waals surface area contributed by atoms with Gasteiger partial charge in [0.15, 0.2) is 0 Å². The Morgan fingerprint density at radius 1 is 0.920 bits per heavy atom. The Morgan fingerprint density at radius 3 is 2.00 bits per heavy atom. The fraction of sp³-hybridized carbons (Fsp3) is 0.167. The van der Waals surface area contributed by atoms with E-state index in [4.69, 9.17) is 16.7 Å². The van der Waals surface area contributed by atoms with Crippen molar-refractivity contribution in [2.24, 2.45) is 0 Å². The zero-order chi connectivity index (χ0) is 18.7. The summed E-state index contributed by atoms with van der Waals surface area (Å²) in [4.78, 5) is 32.9. The third-order valence-corrected chi connectivity index (χ3v) is 3.15. The molecule has 2 amide bonds. The van der Waals surface area contributed by atoms with Crippen LogP contribution in [0.5, 0.6) is 0 Å². The number of carboxylic acids is 1. The molecule has 132 valence electrons. The summed E-state index contributed by atoms with van der Waals surface area (Å²) in [5.74, 6) is -2.15. The minimum absolute atomic E-state index is 0.283. The topological polar surface area (TPSA) is 95.5 Å². The lowest BCUT2D eigenvalue weighted by atomic mass is 10.2. The monoisotopic (exact) mass is 362 g/mol. The van der Waals surface area contributed by atoms with Crippen molar-refractivity contribution in [2.75, 3.05) is 13.1 Å². The standard InChI is InChI=1S/C11H11ClN2O4.C7H8/c12-8-3-1-7(2-4-8)11(18)14-5-9(15)13-6-10(16)17;1-7-5-3-2-4-6-7/h1-4H,5-6H2,(H,13,15)(H,14,18)(H,16,17);2-6H,1H3. The van der Waals surface area contributed by atoms with Crippen LogP contribution in [-0.4, -0.2) is 36.0 Å². The number of carbonyl (C=O) groups is 3. The van der Waals surface area contributed by atoms with Gasteiger partial charge in [-0.1, -0.05) is 47.5 Å². The second kappa shape index (κ2) is 10.8. The van der Waals surface area contributed by atoms with Crippen LogP contribution in [0.25, 0.3) is 0 Å². The van der Waals surface area contributed by atoms with Crippen molar-refractivity contribution in [1.29, 1.82) is 0 Å². The number of carboxylic acid groups (broad SMARTS) is 1. The first kappa shape index (κ1) is 20.2. The van der Waals surface area contributed by atoms with Gasteiger partial charge in [0.1, 0.15) is 6.54 Å². The van der Waals surface area contributed by atoms with Gasteiger partial charge in [-0.25, -0.2) is 0 Å². The number of aryl methyl sites for hydroxylation is 1. The highest BCUT2D eigenvalue weighted by Gasteiger charge is 2.08. The summed E-state index contributed by atoms with van der Waals surface area (Å²) in [6, 6.07) is 16.4. The summed E-state index contributed by atoms with van der Waals surface area (Å²) in [5.41, 5.74) is 1.69. The summed E-state index contributed by atoms with van der Waals surface area (Å²) >= 11 is 5.66. The van der Waals surface area contributed by atoms with E-state index in [0.29, 0.717) is 10.6 Å². The molecule has 0 fully saturated rings. The van der Waals surface area contributed by atoms with Crippen molar-refractivity contribution in [3.8, 4) is 0 Å². The zero-order valence-corrected chi connectivity index (χ0v) is 14.4. The van der Waals surface area contributed by atoms with E-state index >= 15 is 0 Å². The van der Waals surface area contributed by atoms with Crippen LogP contribution in [0.2, 0.25) is 5.02 Å². The van der Waals surface area contributed by atoms with Crippen LogP contribution in [0.15, 0.2) is 54.6 Å². The highest BCUT2D eigenvalue weighted by atomic mass is 35.5. The Kier molecular flexibility index (Phi) is 8.74. The minimum Gasteiger partial charge on any atom is -0.480 e. The van der Waals surface area contributed by atoms with Gasteiger partial charge in [-0.05, 0) is 31.2 Å². The summed E-state index contributed by atoms with van der Waals surface area (Å²) < 4.78 is 0. The lowest BCUT2D eigenvalue weighted by molar-refractivity contribution is -0.137. The predicted molar refractivity (Wildman–Crippen MR) is 95.6 cm³/mol. The quantitative estimate of drug-likeness (QED) is 0.760. The number of halogens is 1. The van der Waals surface area contributed by atoms with E-state index in [1.54, 1.807) is 12.1 Å². The molecule has 2 aromatic carbocycles. The largest absolute Gasteiger partial charge is 0.480 e. The number of aliphatic carboxylic acids is 1. The van der Waals surface area contributed by atoms with E-state index < -0.39 is 24.3 Å². The number of hydrogen-bond acceptors (Lipinski definition) is 3. The molecule has 0 aliphatic carbocycles. The normalized spacial score (nSPS) is 9.36. The molecular weight excluding hydrogens is 344 g/mol. The maximum atomic E-state index is 11.5. The number of hydrogen-bond donors (Lipinski definition) is 3. The number of carbonyl (C=O) groups excluding carboxylic acids is 2. The Morgan fingerprint density at radius 2 is 1.52 bits per heavy atom. The van der Waals surface area contributed by atoms with Crippen molar-refractivity contribution >= 4 is 29.4 Å². The number of amides is 2. The third kappa shape index (κ3) is 9.12. The number of rotatable bonds is 5. The van der Waals surface area contributed by atoms with Gasteiger partial charge in [0.25, 0.3) is 5.91 Å². The van der Waals surface area contributed by atoms with E-state index in [0.717, 1.165) is 0 Å². The number of benzene rings is 2. The van der Waals surface area contributed by atoms with Crippen LogP contribution in [0.4, 0.5) is 0 Å². The van der Waals surface area contributed by atoms with Gasteiger partial charge in [-0.3, -0.25) is 14.4 Å². The highest BCUT2D eigenvalue weighted by molar-refractivity contribution is 6.30. The maximum absolute atomic E-state index is 11.5. The average Bonchev–Trinajstić information content (AvgIpc) is 2.59. The SMILES string of the molecule is Cc1ccccc1.O=C(O)CNC(=O)CNC(=O)c1ccc(Cl)cc1. The first-order chi connectivity index (χ1) is 11.9. The Balaban J connectivity index is 0.000000370. The van der Waals surface area contributed by atoms with Crippen LogP contribution >= 0.6 is 11.6 Å². The summed E-state index contributed by atoms with van der Waals surface area (Å²) in [7, 11) is 0. The van der Waals surface area contributed by atoms with Crippen LogP contribution < -0.4 is 10.6 Å². The maximum Gasteiger partial charge on any atom is 0.322 e. The molecule has 0 radical (unpaired) electrons. The van der Waals surface area contributed by atoms with E-state index in [2.05, 4.69) is 29.7 Å². The predicted octanol–water partition coefficient (Wildman–Crippen LogP) is 2.27. The third-order valence-electron chi connectivity index (χ3n) is 2.89. The van der Waals surface area contributed by atoms with Crippen LogP contribution in [0.3, 0.4) is 0 Å². The second-order valence-corrected chi connectivity index (χ2v) is 5.45. The first-order valence-electron chi connectivity index (χ1n) is 7.42. The van der Waals surface area contributed by atoms with Crippen LogP contribution in [0.1, 0.15) is 15.9 Å². The first-order valence-corrected chi connectivity index (χ1v) is 7.80. The van der Waals surface area contributed by atoms with Crippen molar-refractivity contribution in [1.82, 2.24) is 10.6 Å². The number of nitrogens with one attached hydrogen (secondary N) is 2. The molecule has 0 heterocycles. The lowest BCUT2D eigenvalue weighted by Gasteiger charge is -2.05. The molecule has 0 bridgehead atoms. The van der Waals surface area contributed by atoms with Gasteiger partial charge in [0, 0.05) is 10.6 Å². The molecule has 0 atom stereocenters. The summed E-state index contributed by atoms with van der Waals surface area (Å²) in [5, 5.41) is 13.3. The fourth-order valence-corrected chi connectivity index (χ4v) is 1.76.